The second-order valence-corrected chi connectivity index (χ2v) is 10.6. The third kappa shape index (κ3) is 9.14. The van der Waals surface area contributed by atoms with E-state index in [1.54, 1.807) is 23.4 Å². The summed E-state index contributed by atoms with van der Waals surface area (Å²) in [7, 11) is 0. The average Bonchev–Trinajstić information content (AvgIpc) is 3.00. The van der Waals surface area contributed by atoms with E-state index >= 15 is 0 Å². The number of rotatable bonds is 13. The van der Waals surface area contributed by atoms with Crippen molar-refractivity contribution in [2.24, 2.45) is 0 Å². The molecule has 1 aromatic heterocycles. The molecule has 212 valence electrons. The summed E-state index contributed by atoms with van der Waals surface area (Å²) in [5.41, 5.74) is 5.02. The zero-order valence-electron chi connectivity index (χ0n) is 22.2. The van der Waals surface area contributed by atoms with Gasteiger partial charge in [0, 0.05) is 42.5 Å². The third-order valence-electron chi connectivity index (χ3n) is 6.57. The van der Waals surface area contributed by atoms with Crippen molar-refractivity contribution in [1.29, 1.82) is 0 Å². The van der Waals surface area contributed by atoms with Crippen LogP contribution in [0.5, 0.6) is 0 Å². The molecule has 4 rings (SSSR count). The number of benzene rings is 2. The summed E-state index contributed by atoms with van der Waals surface area (Å²) in [6.07, 6.45) is 4.22. The number of thioether (sulfide) groups is 1. The van der Waals surface area contributed by atoms with Crippen LogP contribution in [-0.2, 0) is 25.7 Å². The summed E-state index contributed by atoms with van der Waals surface area (Å²) >= 11 is 1.65. The van der Waals surface area contributed by atoms with Crippen molar-refractivity contribution in [3.8, 4) is 0 Å². The van der Waals surface area contributed by atoms with E-state index in [0.29, 0.717) is 31.4 Å². The Kier molecular flexibility index (Phi) is 11.5. The van der Waals surface area contributed by atoms with E-state index in [1.165, 1.54) is 0 Å². The van der Waals surface area contributed by atoms with Gasteiger partial charge in [0.25, 0.3) is 0 Å². The van der Waals surface area contributed by atoms with Crippen LogP contribution in [0.4, 0.5) is 5.69 Å². The highest BCUT2D eigenvalue weighted by molar-refractivity contribution is 7.99. The largest absolute Gasteiger partial charge is 0.392 e. The molecule has 0 aliphatic carbocycles. The molecule has 10 heteroatoms. The molecule has 1 saturated heterocycles. The molecule has 0 unspecified atom stereocenters. The summed E-state index contributed by atoms with van der Waals surface area (Å²) in [5.74, 6) is 0.211. The fourth-order valence-corrected chi connectivity index (χ4v) is 5.27. The zero-order valence-corrected chi connectivity index (χ0v) is 23.0. The van der Waals surface area contributed by atoms with Crippen LogP contribution in [0, 0.1) is 0 Å². The molecule has 1 aliphatic heterocycles. The maximum Gasteiger partial charge on any atom is 0.243 e. The lowest BCUT2D eigenvalue weighted by atomic mass is 10.0. The number of nitrogens with zero attached hydrogens (tertiary/aromatic N) is 1. The second kappa shape index (κ2) is 15.5. The van der Waals surface area contributed by atoms with E-state index in [4.69, 9.17) is 14.7 Å². The van der Waals surface area contributed by atoms with Crippen LogP contribution in [-0.4, -0.2) is 39.0 Å². The predicted molar refractivity (Wildman–Crippen MR) is 151 cm³/mol. The number of amides is 2. The first-order valence-electron chi connectivity index (χ1n) is 13.4. The number of hydroxylamine groups is 1. The average molecular weight is 566 g/mol. The third-order valence-corrected chi connectivity index (χ3v) is 7.64. The number of carbonyl (C=O) groups excluding carboxylic acids is 2. The maximum absolute atomic E-state index is 12.3. The SMILES string of the molecule is O=C(CCCCCC(=O)Nc1ccc([C@H]2O[C@@H](CSc3ccccn3)C[C@@H](c3ccc(CO)cc3)O2)cc1)NO. The highest BCUT2D eigenvalue weighted by Crippen LogP contribution is 2.39. The van der Waals surface area contributed by atoms with Crippen molar-refractivity contribution < 1.29 is 29.4 Å². The molecule has 3 aromatic rings. The van der Waals surface area contributed by atoms with Crippen LogP contribution in [0.25, 0.3) is 0 Å². The molecule has 0 bridgehead atoms. The van der Waals surface area contributed by atoms with Gasteiger partial charge in [-0.25, -0.2) is 10.5 Å². The monoisotopic (exact) mass is 565 g/mol. The summed E-state index contributed by atoms with van der Waals surface area (Å²) in [6.45, 7) is -0.00683. The zero-order chi connectivity index (χ0) is 28.2. The van der Waals surface area contributed by atoms with E-state index in [-0.39, 0.29) is 31.1 Å². The molecule has 0 spiro atoms. The van der Waals surface area contributed by atoms with Gasteiger partial charge in [-0.3, -0.25) is 14.8 Å². The van der Waals surface area contributed by atoms with Crippen LogP contribution in [0.2, 0.25) is 0 Å². The van der Waals surface area contributed by atoms with Gasteiger partial charge in [0.2, 0.25) is 11.8 Å². The molecule has 9 nitrogen and oxygen atoms in total. The van der Waals surface area contributed by atoms with E-state index < -0.39 is 12.2 Å². The van der Waals surface area contributed by atoms with Crippen LogP contribution in [0.3, 0.4) is 0 Å². The maximum atomic E-state index is 12.3. The van der Waals surface area contributed by atoms with Crippen LogP contribution < -0.4 is 10.8 Å². The minimum Gasteiger partial charge on any atom is -0.392 e. The Bertz CT molecular complexity index is 1210. The van der Waals surface area contributed by atoms with Gasteiger partial charge in [-0.1, -0.05) is 48.9 Å². The standard InChI is InChI=1S/C30H35N3O6S/c34-19-21-9-11-22(12-10-21)26-18-25(20-40-29-8-4-5-17-31-29)38-30(39-26)23-13-15-24(16-14-23)32-27(35)6-2-1-3-7-28(36)33-37/h4-5,8-17,25-26,30,34,37H,1-3,6-7,18-20H2,(H,32,35)(H,33,36)/t25-,26+,30+/m1/s1. The number of hydrogen-bond donors (Lipinski definition) is 4. The molecular weight excluding hydrogens is 530 g/mol. The van der Waals surface area contributed by atoms with Gasteiger partial charge in [-0.2, -0.15) is 0 Å². The van der Waals surface area contributed by atoms with Gasteiger partial charge < -0.3 is 19.9 Å². The van der Waals surface area contributed by atoms with E-state index in [2.05, 4.69) is 10.3 Å². The molecular formula is C30H35N3O6S. The fourth-order valence-electron chi connectivity index (χ4n) is 4.38. The van der Waals surface area contributed by atoms with Crippen LogP contribution in [0.1, 0.15) is 67.6 Å². The first kappa shape index (κ1) is 29.7. The van der Waals surface area contributed by atoms with Gasteiger partial charge in [-0.15, -0.1) is 11.8 Å². The Morgan fingerprint density at radius 3 is 2.30 bits per heavy atom. The molecule has 40 heavy (non-hydrogen) atoms. The van der Waals surface area contributed by atoms with Crippen LogP contribution in [0.15, 0.2) is 78.0 Å². The predicted octanol–water partition coefficient (Wildman–Crippen LogP) is 5.31. The van der Waals surface area contributed by atoms with Crippen molar-refractivity contribution in [3.63, 3.8) is 0 Å². The highest BCUT2D eigenvalue weighted by atomic mass is 32.2. The van der Waals surface area contributed by atoms with Crippen molar-refractivity contribution in [2.45, 2.75) is 68.7 Å². The first-order chi connectivity index (χ1) is 19.5. The number of aliphatic hydroxyl groups excluding tert-OH is 1. The highest BCUT2D eigenvalue weighted by Gasteiger charge is 2.32. The molecule has 1 aliphatic rings. The Morgan fingerprint density at radius 1 is 0.900 bits per heavy atom. The Morgan fingerprint density at radius 2 is 1.62 bits per heavy atom. The minimum absolute atomic E-state index is 0.00683. The van der Waals surface area contributed by atoms with Crippen molar-refractivity contribution in [3.05, 3.63) is 89.6 Å². The molecule has 0 saturated carbocycles. The van der Waals surface area contributed by atoms with E-state index in [0.717, 1.165) is 33.9 Å². The van der Waals surface area contributed by atoms with Crippen molar-refractivity contribution in [1.82, 2.24) is 10.5 Å². The Labute approximate surface area is 238 Å². The quantitative estimate of drug-likeness (QED) is 0.0950. The number of ether oxygens (including phenoxy) is 2. The van der Waals surface area contributed by atoms with Crippen LogP contribution >= 0.6 is 11.8 Å². The van der Waals surface area contributed by atoms with Crippen molar-refractivity contribution >= 4 is 29.3 Å². The lowest BCUT2D eigenvalue weighted by Crippen LogP contribution is -2.31. The van der Waals surface area contributed by atoms with E-state index in [1.807, 2.05) is 66.7 Å². The van der Waals surface area contributed by atoms with Gasteiger partial charge in [0.15, 0.2) is 6.29 Å². The number of carbonyl (C=O) groups is 2. The lowest BCUT2D eigenvalue weighted by Gasteiger charge is -2.36. The molecule has 3 atom stereocenters. The molecule has 2 aromatic carbocycles. The minimum atomic E-state index is -0.577. The first-order valence-corrected chi connectivity index (χ1v) is 14.4. The van der Waals surface area contributed by atoms with Gasteiger partial charge in [0.1, 0.15) is 0 Å². The van der Waals surface area contributed by atoms with Gasteiger partial charge >= 0.3 is 0 Å². The smallest absolute Gasteiger partial charge is 0.243 e. The second-order valence-electron chi connectivity index (χ2n) is 9.59. The summed E-state index contributed by atoms with van der Waals surface area (Å²) in [4.78, 5) is 27.8. The summed E-state index contributed by atoms with van der Waals surface area (Å²) in [6, 6.07) is 21.1. The number of aliphatic hydroxyl groups is 1. The normalized spacial score (nSPS) is 18.7. The lowest BCUT2D eigenvalue weighted by molar-refractivity contribution is -0.245. The number of anilines is 1. The molecule has 2 amide bonds. The Balaban J connectivity index is 1.36. The Hall–Kier alpha value is -3.28. The summed E-state index contributed by atoms with van der Waals surface area (Å²) in [5, 5.41) is 21.8. The topological polar surface area (TPSA) is 130 Å². The molecule has 2 heterocycles. The number of nitrogens with one attached hydrogen (secondary N) is 2. The number of hydrogen-bond acceptors (Lipinski definition) is 8. The van der Waals surface area contributed by atoms with Gasteiger partial charge in [0.05, 0.1) is 23.8 Å². The van der Waals surface area contributed by atoms with Gasteiger partial charge in [-0.05, 0) is 48.2 Å². The summed E-state index contributed by atoms with van der Waals surface area (Å²) < 4.78 is 12.8. The molecule has 4 N–H and O–H groups in total. The number of aromatic nitrogens is 1. The van der Waals surface area contributed by atoms with E-state index in [9.17, 15) is 14.7 Å². The van der Waals surface area contributed by atoms with Crippen molar-refractivity contribution in [2.75, 3.05) is 11.1 Å². The molecule has 0 radical (unpaired) electrons. The number of pyridine rings is 1. The fraction of sp³-hybridized carbons (Fsp3) is 0.367. The molecule has 1 fully saturated rings. The number of unbranched alkanes of at least 4 members (excludes halogenated alkanes) is 2.